The van der Waals surface area contributed by atoms with Crippen molar-refractivity contribution in [3.63, 3.8) is 0 Å². The molecule has 0 radical (unpaired) electrons. The van der Waals surface area contributed by atoms with Gasteiger partial charge in [0.15, 0.2) is 0 Å². The Balaban J connectivity index is 2.63. The molecule has 1 aromatic rings. The number of thiophene rings is 1. The Bertz CT molecular complexity index is 446. The molecule has 0 aliphatic carbocycles. The summed E-state index contributed by atoms with van der Waals surface area (Å²) < 4.78 is 0. The van der Waals surface area contributed by atoms with E-state index in [2.05, 4.69) is 11.8 Å². The highest BCUT2D eigenvalue weighted by molar-refractivity contribution is 7.12. The molecule has 1 rings (SSSR count). The van der Waals surface area contributed by atoms with Gasteiger partial charge >= 0.3 is 5.97 Å². The van der Waals surface area contributed by atoms with Crippen LogP contribution >= 0.6 is 11.3 Å². The number of rotatable bonds is 7. The molecular weight excluding hydrogens is 262 g/mol. The van der Waals surface area contributed by atoms with Crippen LogP contribution < -0.4 is 0 Å². The first-order valence-electron chi connectivity index (χ1n) is 6.24. The standard InChI is InChI=1S/C14H21NO3S/c1-4-15(10-14(2,3)18)9-12-6-5-11(19-12)7-8-13(16)17/h5-8,18H,4,9-10H2,1-3H3,(H,16,17). The predicted octanol–water partition coefficient (Wildman–Crippen LogP) is 2.44. The Morgan fingerprint density at radius 2 is 2.16 bits per heavy atom. The molecule has 4 nitrogen and oxygen atoms in total. The number of aliphatic carboxylic acids is 1. The zero-order valence-electron chi connectivity index (χ0n) is 11.6. The number of nitrogens with zero attached hydrogens (tertiary/aromatic N) is 1. The Labute approximate surface area is 118 Å². The Hall–Kier alpha value is -1.17. The number of aliphatic hydroxyl groups is 1. The van der Waals surface area contributed by atoms with Crippen LogP contribution in [0.15, 0.2) is 18.2 Å². The summed E-state index contributed by atoms with van der Waals surface area (Å²) in [5.41, 5.74) is -0.709. The summed E-state index contributed by atoms with van der Waals surface area (Å²) >= 11 is 1.57. The molecule has 0 unspecified atom stereocenters. The Morgan fingerprint density at radius 3 is 2.68 bits per heavy atom. The summed E-state index contributed by atoms with van der Waals surface area (Å²) in [6.07, 6.45) is 2.74. The third-order valence-electron chi connectivity index (χ3n) is 2.51. The number of hydrogen-bond acceptors (Lipinski definition) is 4. The fourth-order valence-electron chi connectivity index (χ4n) is 1.77. The average Bonchev–Trinajstić information content (AvgIpc) is 2.71. The highest BCUT2D eigenvalue weighted by Crippen LogP contribution is 2.20. The van der Waals surface area contributed by atoms with E-state index in [0.29, 0.717) is 6.54 Å². The molecule has 0 aromatic carbocycles. The largest absolute Gasteiger partial charge is 0.478 e. The lowest BCUT2D eigenvalue weighted by Gasteiger charge is -2.27. The van der Waals surface area contributed by atoms with Crippen LogP contribution in [0.2, 0.25) is 0 Å². The van der Waals surface area contributed by atoms with Gasteiger partial charge in [-0.3, -0.25) is 4.90 Å². The lowest BCUT2D eigenvalue weighted by Crippen LogP contribution is -2.37. The maximum atomic E-state index is 10.4. The van der Waals surface area contributed by atoms with Gasteiger partial charge in [-0.15, -0.1) is 11.3 Å². The molecule has 0 saturated heterocycles. The SMILES string of the molecule is CCN(Cc1ccc(C=CC(=O)O)s1)CC(C)(C)O. The van der Waals surface area contributed by atoms with Crippen molar-refractivity contribution >= 4 is 23.4 Å². The van der Waals surface area contributed by atoms with Gasteiger partial charge in [-0.25, -0.2) is 4.79 Å². The van der Waals surface area contributed by atoms with Crippen molar-refractivity contribution in [3.05, 3.63) is 28.0 Å². The van der Waals surface area contributed by atoms with E-state index >= 15 is 0 Å². The van der Waals surface area contributed by atoms with Crippen molar-refractivity contribution in [3.8, 4) is 0 Å². The quantitative estimate of drug-likeness (QED) is 0.755. The topological polar surface area (TPSA) is 60.8 Å². The first-order valence-corrected chi connectivity index (χ1v) is 7.06. The van der Waals surface area contributed by atoms with Gasteiger partial charge in [0.2, 0.25) is 0 Å². The molecule has 0 saturated carbocycles. The normalized spacial score (nSPS) is 12.5. The molecule has 5 heteroatoms. The molecule has 106 valence electrons. The predicted molar refractivity (Wildman–Crippen MR) is 78.2 cm³/mol. The van der Waals surface area contributed by atoms with Gasteiger partial charge in [0.1, 0.15) is 0 Å². The average molecular weight is 283 g/mol. The van der Waals surface area contributed by atoms with Crippen LogP contribution in [0.5, 0.6) is 0 Å². The summed E-state index contributed by atoms with van der Waals surface area (Å²) in [5, 5.41) is 18.4. The van der Waals surface area contributed by atoms with E-state index in [1.165, 1.54) is 0 Å². The van der Waals surface area contributed by atoms with E-state index < -0.39 is 11.6 Å². The summed E-state index contributed by atoms with van der Waals surface area (Å²) in [7, 11) is 0. The maximum absolute atomic E-state index is 10.4. The minimum atomic E-state index is -0.938. The molecule has 0 bridgehead atoms. The fourth-order valence-corrected chi connectivity index (χ4v) is 2.73. The fraction of sp³-hybridized carbons (Fsp3) is 0.500. The number of likely N-dealkylation sites (N-methyl/N-ethyl adjacent to an activating group) is 1. The second-order valence-electron chi connectivity index (χ2n) is 5.09. The number of carboxylic acids is 1. The van der Waals surface area contributed by atoms with Gasteiger partial charge in [-0.1, -0.05) is 6.92 Å². The molecule has 0 aliphatic rings. The molecular formula is C14H21NO3S. The third kappa shape index (κ3) is 6.52. The van der Waals surface area contributed by atoms with E-state index in [9.17, 15) is 9.90 Å². The minimum Gasteiger partial charge on any atom is -0.478 e. The van der Waals surface area contributed by atoms with Gasteiger partial charge < -0.3 is 10.2 Å². The van der Waals surface area contributed by atoms with Crippen LogP contribution in [0.25, 0.3) is 6.08 Å². The highest BCUT2D eigenvalue weighted by atomic mass is 32.1. The molecule has 0 spiro atoms. The second-order valence-corrected chi connectivity index (χ2v) is 6.29. The highest BCUT2D eigenvalue weighted by Gasteiger charge is 2.17. The second kappa shape index (κ2) is 6.84. The molecule has 2 N–H and O–H groups in total. The summed E-state index contributed by atoms with van der Waals surface area (Å²) in [4.78, 5) is 14.7. The van der Waals surface area contributed by atoms with Crippen molar-refractivity contribution < 1.29 is 15.0 Å². The lowest BCUT2D eigenvalue weighted by molar-refractivity contribution is -0.131. The summed E-state index contributed by atoms with van der Waals surface area (Å²) in [6.45, 7) is 7.90. The van der Waals surface area contributed by atoms with Gasteiger partial charge in [0.05, 0.1) is 5.60 Å². The molecule has 1 aromatic heterocycles. The molecule has 0 fully saturated rings. The third-order valence-corrected chi connectivity index (χ3v) is 3.55. The van der Waals surface area contributed by atoms with Crippen molar-refractivity contribution in [2.45, 2.75) is 32.9 Å². The summed E-state index contributed by atoms with van der Waals surface area (Å²) in [6, 6.07) is 3.91. The van der Waals surface area contributed by atoms with E-state index in [-0.39, 0.29) is 0 Å². The Morgan fingerprint density at radius 1 is 1.47 bits per heavy atom. The van der Waals surface area contributed by atoms with Gasteiger partial charge in [0, 0.05) is 28.9 Å². The molecule has 0 amide bonds. The maximum Gasteiger partial charge on any atom is 0.328 e. The molecule has 0 aliphatic heterocycles. The van der Waals surface area contributed by atoms with Crippen molar-refractivity contribution in [1.82, 2.24) is 4.90 Å². The van der Waals surface area contributed by atoms with Crippen LogP contribution in [0.4, 0.5) is 0 Å². The monoisotopic (exact) mass is 283 g/mol. The zero-order valence-corrected chi connectivity index (χ0v) is 12.4. The van der Waals surface area contributed by atoms with Gasteiger partial charge in [0.25, 0.3) is 0 Å². The minimum absolute atomic E-state index is 0.613. The van der Waals surface area contributed by atoms with Gasteiger partial charge in [-0.05, 0) is 38.6 Å². The zero-order chi connectivity index (χ0) is 14.5. The first kappa shape index (κ1) is 15.9. The van der Waals surface area contributed by atoms with Crippen LogP contribution in [0.3, 0.4) is 0 Å². The smallest absolute Gasteiger partial charge is 0.328 e. The number of carboxylic acid groups (broad SMARTS) is 1. The van der Waals surface area contributed by atoms with Crippen molar-refractivity contribution in [2.24, 2.45) is 0 Å². The van der Waals surface area contributed by atoms with E-state index in [1.807, 2.05) is 12.1 Å². The van der Waals surface area contributed by atoms with Crippen LogP contribution in [0, 0.1) is 0 Å². The van der Waals surface area contributed by atoms with E-state index in [1.54, 1.807) is 31.3 Å². The summed E-state index contributed by atoms with van der Waals surface area (Å²) in [5.74, 6) is -0.938. The van der Waals surface area contributed by atoms with Crippen molar-refractivity contribution in [1.29, 1.82) is 0 Å². The molecule has 19 heavy (non-hydrogen) atoms. The van der Waals surface area contributed by atoms with E-state index in [0.717, 1.165) is 28.9 Å². The van der Waals surface area contributed by atoms with Crippen LogP contribution in [0.1, 0.15) is 30.5 Å². The van der Waals surface area contributed by atoms with Crippen molar-refractivity contribution in [2.75, 3.05) is 13.1 Å². The molecule has 1 heterocycles. The number of hydrogen-bond donors (Lipinski definition) is 2. The van der Waals surface area contributed by atoms with Crippen LogP contribution in [-0.2, 0) is 11.3 Å². The van der Waals surface area contributed by atoms with Gasteiger partial charge in [-0.2, -0.15) is 0 Å². The number of carbonyl (C=O) groups is 1. The Kier molecular flexibility index (Phi) is 5.72. The van der Waals surface area contributed by atoms with E-state index in [4.69, 9.17) is 5.11 Å². The first-order chi connectivity index (χ1) is 8.80. The lowest BCUT2D eigenvalue weighted by atomic mass is 10.1. The van der Waals surface area contributed by atoms with Crippen LogP contribution in [-0.4, -0.2) is 39.8 Å². The molecule has 0 atom stereocenters.